The third kappa shape index (κ3) is 5.41. The molecule has 4 rings (SSSR count). The highest BCUT2D eigenvalue weighted by Crippen LogP contribution is 2.45. The van der Waals surface area contributed by atoms with Gasteiger partial charge in [0.25, 0.3) is 5.91 Å². The monoisotopic (exact) mass is 506 g/mol. The predicted molar refractivity (Wildman–Crippen MR) is 147 cm³/mol. The first kappa shape index (κ1) is 25.8. The lowest BCUT2D eigenvalue weighted by Gasteiger charge is -2.33. The normalized spacial score (nSPS) is 15.4. The van der Waals surface area contributed by atoms with Gasteiger partial charge in [-0.25, -0.2) is 4.99 Å². The van der Waals surface area contributed by atoms with Crippen molar-refractivity contribution in [3.05, 3.63) is 64.0 Å². The molecule has 0 aliphatic heterocycles. The molecule has 1 aliphatic carbocycles. The minimum Gasteiger partial charge on any atom is -0.495 e. The zero-order valence-corrected chi connectivity index (χ0v) is 22.6. The predicted octanol–water partition coefficient (Wildman–Crippen LogP) is 6.93. The topological polar surface area (TPSA) is 69.2 Å². The van der Waals surface area contributed by atoms with Gasteiger partial charge < -0.3 is 19.5 Å². The largest absolute Gasteiger partial charge is 0.495 e. The SMILES string of the molecule is COc1ccccc1NC(=O)c1c(N=Cc2ccc(OC)c(OC)c2)sc2c1CCC(C(C)(C)C)C2. The molecule has 1 heterocycles. The van der Waals surface area contributed by atoms with Crippen LogP contribution in [0.4, 0.5) is 10.7 Å². The van der Waals surface area contributed by atoms with Crippen molar-refractivity contribution in [3.63, 3.8) is 0 Å². The summed E-state index contributed by atoms with van der Waals surface area (Å²) in [6, 6.07) is 13.1. The molecular formula is C29H34N2O4S. The van der Waals surface area contributed by atoms with Crippen molar-refractivity contribution < 1.29 is 19.0 Å². The average molecular weight is 507 g/mol. The molecule has 0 radical (unpaired) electrons. The van der Waals surface area contributed by atoms with Crippen molar-refractivity contribution in [1.29, 1.82) is 0 Å². The van der Waals surface area contributed by atoms with E-state index in [-0.39, 0.29) is 11.3 Å². The molecule has 1 aliphatic rings. The highest BCUT2D eigenvalue weighted by molar-refractivity contribution is 7.16. The zero-order chi connectivity index (χ0) is 25.9. The Morgan fingerprint density at radius 1 is 1.03 bits per heavy atom. The van der Waals surface area contributed by atoms with E-state index in [0.717, 1.165) is 35.4 Å². The van der Waals surface area contributed by atoms with Gasteiger partial charge in [0.2, 0.25) is 0 Å². The summed E-state index contributed by atoms with van der Waals surface area (Å²) in [4.78, 5) is 19.7. The second kappa shape index (κ2) is 10.7. The number of hydrogen-bond donors (Lipinski definition) is 1. The number of nitrogens with zero attached hydrogens (tertiary/aromatic N) is 1. The molecule has 2 aromatic carbocycles. The number of para-hydroxylation sites is 2. The van der Waals surface area contributed by atoms with Crippen molar-refractivity contribution in [1.82, 2.24) is 0 Å². The Morgan fingerprint density at radius 2 is 1.75 bits per heavy atom. The number of thiophene rings is 1. The number of nitrogens with one attached hydrogen (secondary N) is 1. The Morgan fingerprint density at radius 3 is 2.44 bits per heavy atom. The van der Waals surface area contributed by atoms with Crippen LogP contribution in [0.1, 0.15) is 53.6 Å². The van der Waals surface area contributed by atoms with Crippen LogP contribution in [0.15, 0.2) is 47.5 Å². The van der Waals surface area contributed by atoms with E-state index in [1.54, 1.807) is 38.9 Å². The molecule has 0 saturated carbocycles. The summed E-state index contributed by atoms with van der Waals surface area (Å²) in [6.07, 6.45) is 4.67. The van der Waals surface area contributed by atoms with Crippen molar-refractivity contribution in [2.24, 2.45) is 16.3 Å². The van der Waals surface area contributed by atoms with Gasteiger partial charge >= 0.3 is 0 Å². The summed E-state index contributed by atoms with van der Waals surface area (Å²) in [7, 11) is 4.82. The Kier molecular flexibility index (Phi) is 7.69. The van der Waals surface area contributed by atoms with Crippen molar-refractivity contribution in [2.45, 2.75) is 40.0 Å². The van der Waals surface area contributed by atoms with Gasteiger partial charge in [-0.2, -0.15) is 0 Å². The van der Waals surface area contributed by atoms with E-state index in [2.05, 4.69) is 26.1 Å². The molecule has 0 saturated heterocycles. The van der Waals surface area contributed by atoms with Gasteiger partial charge in [-0.05, 0) is 72.1 Å². The second-order valence-corrected chi connectivity index (χ2v) is 11.1. The van der Waals surface area contributed by atoms with Crippen LogP contribution in [0.3, 0.4) is 0 Å². The Hall–Kier alpha value is -3.32. The van der Waals surface area contributed by atoms with Gasteiger partial charge in [-0.1, -0.05) is 32.9 Å². The lowest BCUT2D eigenvalue weighted by Crippen LogP contribution is -2.27. The Labute approximate surface area is 217 Å². The van der Waals surface area contributed by atoms with Crippen LogP contribution >= 0.6 is 11.3 Å². The smallest absolute Gasteiger partial charge is 0.259 e. The maximum Gasteiger partial charge on any atom is 0.259 e. The third-order valence-electron chi connectivity index (χ3n) is 6.79. The number of anilines is 1. The van der Waals surface area contributed by atoms with E-state index in [9.17, 15) is 4.79 Å². The molecule has 0 spiro atoms. The molecule has 3 aromatic rings. The highest BCUT2D eigenvalue weighted by atomic mass is 32.1. The number of rotatable bonds is 7. The number of aliphatic imine (C=N–C) groups is 1. The molecule has 1 atom stereocenters. The van der Waals surface area contributed by atoms with Crippen LogP contribution in [-0.2, 0) is 12.8 Å². The number of fused-ring (bicyclic) bond motifs is 1. The van der Waals surface area contributed by atoms with Gasteiger partial charge in [0.15, 0.2) is 11.5 Å². The number of hydrogen-bond acceptors (Lipinski definition) is 6. The fourth-order valence-electron chi connectivity index (χ4n) is 4.63. The molecule has 1 amide bonds. The summed E-state index contributed by atoms with van der Waals surface area (Å²) < 4.78 is 16.2. The van der Waals surface area contributed by atoms with Gasteiger partial charge in [-0.3, -0.25) is 4.79 Å². The number of carbonyl (C=O) groups is 1. The number of methoxy groups -OCH3 is 3. The van der Waals surface area contributed by atoms with E-state index >= 15 is 0 Å². The highest BCUT2D eigenvalue weighted by Gasteiger charge is 2.33. The number of amides is 1. The van der Waals surface area contributed by atoms with Gasteiger partial charge in [-0.15, -0.1) is 11.3 Å². The first-order chi connectivity index (χ1) is 17.2. The molecule has 1 N–H and O–H groups in total. The summed E-state index contributed by atoms with van der Waals surface area (Å²) in [5, 5.41) is 3.78. The first-order valence-corrected chi connectivity index (χ1v) is 12.9. The quantitative estimate of drug-likeness (QED) is 0.353. The van der Waals surface area contributed by atoms with E-state index in [4.69, 9.17) is 19.2 Å². The zero-order valence-electron chi connectivity index (χ0n) is 21.8. The second-order valence-electron chi connectivity index (χ2n) is 10.0. The van der Waals surface area contributed by atoms with Crippen LogP contribution in [0.2, 0.25) is 0 Å². The van der Waals surface area contributed by atoms with Gasteiger partial charge in [0.1, 0.15) is 10.8 Å². The van der Waals surface area contributed by atoms with Gasteiger partial charge in [0, 0.05) is 11.1 Å². The van der Waals surface area contributed by atoms with E-state index < -0.39 is 0 Å². The number of benzene rings is 2. The van der Waals surface area contributed by atoms with Crippen LogP contribution in [0, 0.1) is 11.3 Å². The fourth-order valence-corrected chi connectivity index (χ4v) is 5.90. The van der Waals surface area contributed by atoms with E-state index in [1.165, 1.54) is 4.88 Å². The molecule has 7 heteroatoms. The average Bonchev–Trinajstić information content (AvgIpc) is 3.24. The molecular weight excluding hydrogens is 472 g/mol. The lowest BCUT2D eigenvalue weighted by atomic mass is 9.72. The molecule has 1 aromatic heterocycles. The fraction of sp³-hybridized carbons (Fsp3) is 0.379. The van der Waals surface area contributed by atoms with Crippen LogP contribution < -0.4 is 19.5 Å². The minimum absolute atomic E-state index is 0.161. The van der Waals surface area contributed by atoms with Crippen molar-refractivity contribution in [2.75, 3.05) is 26.6 Å². The van der Waals surface area contributed by atoms with Crippen molar-refractivity contribution >= 4 is 34.1 Å². The maximum atomic E-state index is 13.6. The molecule has 36 heavy (non-hydrogen) atoms. The number of ether oxygens (including phenoxy) is 3. The number of carbonyl (C=O) groups excluding carboxylic acids is 1. The summed E-state index contributed by atoms with van der Waals surface area (Å²) >= 11 is 1.62. The van der Waals surface area contributed by atoms with Crippen LogP contribution in [-0.4, -0.2) is 33.5 Å². The summed E-state index contributed by atoms with van der Waals surface area (Å²) in [5.74, 6) is 2.32. The van der Waals surface area contributed by atoms with Crippen LogP contribution in [0.25, 0.3) is 0 Å². The molecule has 0 bridgehead atoms. The summed E-state index contributed by atoms with van der Waals surface area (Å²) in [5.41, 5.74) is 3.49. The molecule has 190 valence electrons. The summed E-state index contributed by atoms with van der Waals surface area (Å²) in [6.45, 7) is 6.88. The maximum absolute atomic E-state index is 13.6. The molecule has 6 nitrogen and oxygen atoms in total. The van der Waals surface area contributed by atoms with E-state index in [1.807, 2.05) is 42.5 Å². The van der Waals surface area contributed by atoms with Gasteiger partial charge in [0.05, 0.1) is 32.6 Å². The Bertz CT molecular complexity index is 1270. The van der Waals surface area contributed by atoms with E-state index in [0.29, 0.717) is 34.4 Å². The standard InChI is InChI=1S/C29H34N2O4S/c1-29(2,3)19-12-13-20-25(16-19)36-28(30-17-18-11-14-23(34-5)24(15-18)35-6)26(20)27(32)31-21-9-7-8-10-22(21)33-4/h7-11,14-15,17,19H,12-13,16H2,1-6H3,(H,31,32). The van der Waals surface area contributed by atoms with Crippen molar-refractivity contribution in [3.8, 4) is 17.2 Å². The first-order valence-electron chi connectivity index (χ1n) is 12.1. The lowest BCUT2D eigenvalue weighted by molar-refractivity contribution is 0.102. The molecule has 0 fully saturated rings. The third-order valence-corrected chi connectivity index (χ3v) is 7.95. The minimum atomic E-state index is -0.161. The molecule has 1 unspecified atom stereocenters. The van der Waals surface area contributed by atoms with Crippen LogP contribution in [0.5, 0.6) is 17.2 Å². The Balaban J connectivity index is 1.72.